The Morgan fingerprint density at radius 1 is 0.850 bits per heavy atom. The van der Waals surface area contributed by atoms with Crippen molar-refractivity contribution in [3.63, 3.8) is 0 Å². The van der Waals surface area contributed by atoms with Crippen molar-refractivity contribution in [2.45, 2.75) is 13.1 Å². The number of para-hydroxylation sites is 2. The maximum atomic E-state index is 11.9. The summed E-state index contributed by atoms with van der Waals surface area (Å²) in [5.74, 6) is -2.54. The Bertz CT molecular complexity index is 748. The number of rotatable bonds is 4. The summed E-state index contributed by atoms with van der Waals surface area (Å²) in [6, 6.07) is 6.04. The SMILES string of the molecule is O=C(O)Cn1c(=O)c(=O)n(CC(=O)O)c2ccccc21. The number of aromatic nitrogens is 2. The van der Waals surface area contributed by atoms with Gasteiger partial charge in [-0.1, -0.05) is 12.1 Å². The smallest absolute Gasteiger partial charge is 0.323 e. The minimum absolute atomic E-state index is 0.195. The second-order valence-corrected chi connectivity index (χ2v) is 4.06. The van der Waals surface area contributed by atoms with Crippen LogP contribution in [-0.4, -0.2) is 31.3 Å². The molecule has 0 bridgehead atoms. The van der Waals surface area contributed by atoms with E-state index in [4.69, 9.17) is 10.2 Å². The topological polar surface area (TPSA) is 119 Å². The van der Waals surface area contributed by atoms with Gasteiger partial charge in [0.15, 0.2) is 0 Å². The maximum Gasteiger partial charge on any atom is 0.323 e. The van der Waals surface area contributed by atoms with Gasteiger partial charge in [-0.3, -0.25) is 28.3 Å². The van der Waals surface area contributed by atoms with Crippen molar-refractivity contribution in [1.29, 1.82) is 0 Å². The summed E-state index contributed by atoms with van der Waals surface area (Å²) in [5.41, 5.74) is -1.73. The molecule has 1 heterocycles. The van der Waals surface area contributed by atoms with Crippen molar-refractivity contribution >= 4 is 23.0 Å². The number of aliphatic carboxylic acids is 2. The average Bonchev–Trinajstić information content (AvgIpc) is 2.39. The minimum Gasteiger partial charge on any atom is -0.480 e. The fourth-order valence-electron chi connectivity index (χ4n) is 1.95. The Balaban J connectivity index is 2.88. The zero-order chi connectivity index (χ0) is 14.9. The van der Waals surface area contributed by atoms with Crippen LogP contribution in [0, 0.1) is 0 Å². The molecule has 0 radical (unpaired) electrons. The molecule has 0 unspecified atom stereocenters. The van der Waals surface area contributed by atoms with Crippen LogP contribution >= 0.6 is 0 Å². The van der Waals surface area contributed by atoms with Crippen molar-refractivity contribution in [1.82, 2.24) is 9.13 Å². The molecular formula is C12H10N2O6. The molecule has 0 saturated carbocycles. The second-order valence-electron chi connectivity index (χ2n) is 4.06. The van der Waals surface area contributed by atoms with E-state index in [0.29, 0.717) is 0 Å². The molecule has 2 aromatic rings. The van der Waals surface area contributed by atoms with Gasteiger partial charge < -0.3 is 10.2 Å². The number of carboxylic acid groups (broad SMARTS) is 2. The quantitative estimate of drug-likeness (QED) is 0.716. The average molecular weight is 278 g/mol. The molecular weight excluding hydrogens is 268 g/mol. The van der Waals surface area contributed by atoms with Gasteiger partial charge in [-0.15, -0.1) is 0 Å². The first-order valence-electron chi connectivity index (χ1n) is 5.58. The molecule has 2 rings (SSSR count). The van der Waals surface area contributed by atoms with Crippen LogP contribution in [0.4, 0.5) is 0 Å². The lowest BCUT2D eigenvalue weighted by Gasteiger charge is -2.12. The zero-order valence-electron chi connectivity index (χ0n) is 10.1. The van der Waals surface area contributed by atoms with E-state index in [1.165, 1.54) is 12.1 Å². The molecule has 104 valence electrons. The van der Waals surface area contributed by atoms with Gasteiger partial charge in [-0.2, -0.15) is 0 Å². The predicted octanol–water partition coefficient (Wildman–Crippen LogP) is -0.668. The molecule has 0 atom stereocenters. The van der Waals surface area contributed by atoms with E-state index in [1.807, 2.05) is 0 Å². The van der Waals surface area contributed by atoms with Crippen LogP contribution in [0.5, 0.6) is 0 Å². The molecule has 0 saturated heterocycles. The number of hydrogen-bond donors (Lipinski definition) is 2. The van der Waals surface area contributed by atoms with Gasteiger partial charge in [0.05, 0.1) is 11.0 Å². The molecule has 8 nitrogen and oxygen atoms in total. The number of hydrogen-bond acceptors (Lipinski definition) is 4. The molecule has 0 fully saturated rings. The molecule has 1 aromatic carbocycles. The lowest BCUT2D eigenvalue weighted by molar-refractivity contribution is -0.138. The third kappa shape index (κ3) is 2.30. The number of fused-ring (bicyclic) bond motifs is 1. The van der Waals surface area contributed by atoms with Crippen LogP contribution in [0.1, 0.15) is 0 Å². The standard InChI is InChI=1S/C12H10N2O6/c15-9(16)5-13-7-3-1-2-4-8(7)14(6-10(17)18)12(20)11(13)19/h1-4H,5-6H2,(H,15,16)(H,17,18). The number of benzene rings is 1. The van der Waals surface area contributed by atoms with Crippen LogP contribution in [0.25, 0.3) is 11.0 Å². The van der Waals surface area contributed by atoms with Crippen molar-refractivity contribution in [3.05, 3.63) is 45.0 Å². The van der Waals surface area contributed by atoms with Gasteiger partial charge in [0, 0.05) is 0 Å². The highest BCUT2D eigenvalue weighted by Gasteiger charge is 2.15. The third-order valence-electron chi connectivity index (χ3n) is 2.72. The Morgan fingerprint density at radius 3 is 1.50 bits per heavy atom. The Kier molecular flexibility index (Phi) is 3.38. The molecule has 0 spiro atoms. The lowest BCUT2D eigenvalue weighted by atomic mass is 10.2. The van der Waals surface area contributed by atoms with Crippen molar-refractivity contribution in [3.8, 4) is 0 Å². The van der Waals surface area contributed by atoms with Crippen LogP contribution < -0.4 is 11.1 Å². The lowest BCUT2D eigenvalue weighted by Crippen LogP contribution is -2.43. The molecule has 1 aromatic heterocycles. The Morgan fingerprint density at radius 2 is 1.20 bits per heavy atom. The largest absolute Gasteiger partial charge is 0.480 e. The van der Waals surface area contributed by atoms with Crippen molar-refractivity contribution < 1.29 is 19.8 Å². The molecule has 0 aliphatic rings. The number of nitrogens with zero attached hydrogens (tertiary/aromatic N) is 2. The number of carboxylic acids is 2. The highest BCUT2D eigenvalue weighted by Crippen LogP contribution is 2.10. The molecule has 0 amide bonds. The highest BCUT2D eigenvalue weighted by molar-refractivity contribution is 5.79. The first-order chi connectivity index (χ1) is 9.41. The molecule has 20 heavy (non-hydrogen) atoms. The van der Waals surface area contributed by atoms with Crippen LogP contribution in [0.3, 0.4) is 0 Å². The van der Waals surface area contributed by atoms with Crippen LogP contribution in [0.2, 0.25) is 0 Å². The zero-order valence-corrected chi connectivity index (χ0v) is 10.1. The fraction of sp³-hybridized carbons (Fsp3) is 0.167. The van der Waals surface area contributed by atoms with E-state index < -0.39 is 36.1 Å². The summed E-state index contributed by atoms with van der Waals surface area (Å²) >= 11 is 0. The van der Waals surface area contributed by atoms with Crippen LogP contribution in [0.15, 0.2) is 33.9 Å². The van der Waals surface area contributed by atoms with Crippen molar-refractivity contribution in [2.24, 2.45) is 0 Å². The fourth-order valence-corrected chi connectivity index (χ4v) is 1.95. The molecule has 0 aliphatic heterocycles. The van der Waals surface area contributed by atoms with Crippen LogP contribution in [-0.2, 0) is 22.7 Å². The third-order valence-corrected chi connectivity index (χ3v) is 2.72. The highest BCUT2D eigenvalue weighted by atomic mass is 16.4. The van der Waals surface area contributed by atoms with Gasteiger partial charge in [0.25, 0.3) is 0 Å². The molecule has 2 N–H and O–H groups in total. The van der Waals surface area contributed by atoms with E-state index in [1.54, 1.807) is 12.1 Å². The summed E-state index contributed by atoms with van der Waals surface area (Å²) in [4.78, 5) is 45.3. The Labute approximate surface area is 111 Å². The number of carbonyl (C=O) groups is 2. The van der Waals surface area contributed by atoms with E-state index in [9.17, 15) is 19.2 Å². The first-order valence-corrected chi connectivity index (χ1v) is 5.58. The summed E-state index contributed by atoms with van der Waals surface area (Å²) in [5, 5.41) is 17.6. The molecule has 8 heteroatoms. The van der Waals surface area contributed by atoms with E-state index in [0.717, 1.165) is 9.13 Å². The van der Waals surface area contributed by atoms with Gasteiger partial charge in [-0.25, -0.2) is 0 Å². The summed E-state index contributed by atoms with van der Waals surface area (Å²) in [7, 11) is 0. The second kappa shape index (κ2) is 5.00. The predicted molar refractivity (Wildman–Crippen MR) is 67.7 cm³/mol. The normalized spacial score (nSPS) is 10.6. The van der Waals surface area contributed by atoms with E-state index in [2.05, 4.69) is 0 Å². The maximum absolute atomic E-state index is 11.9. The summed E-state index contributed by atoms with van der Waals surface area (Å²) < 4.78 is 1.64. The summed E-state index contributed by atoms with van der Waals surface area (Å²) in [6.45, 7) is -1.33. The Hall–Kier alpha value is -2.90. The van der Waals surface area contributed by atoms with E-state index >= 15 is 0 Å². The van der Waals surface area contributed by atoms with Gasteiger partial charge in [0.1, 0.15) is 13.1 Å². The van der Waals surface area contributed by atoms with Gasteiger partial charge >= 0.3 is 23.1 Å². The first kappa shape index (κ1) is 13.5. The van der Waals surface area contributed by atoms with Gasteiger partial charge in [-0.05, 0) is 12.1 Å². The van der Waals surface area contributed by atoms with Crippen molar-refractivity contribution in [2.75, 3.05) is 0 Å². The van der Waals surface area contributed by atoms with Gasteiger partial charge in [0.2, 0.25) is 0 Å². The van der Waals surface area contributed by atoms with E-state index in [-0.39, 0.29) is 11.0 Å². The monoisotopic (exact) mass is 278 g/mol. The summed E-state index contributed by atoms with van der Waals surface area (Å²) in [6.07, 6.45) is 0. The minimum atomic E-state index is -1.27. The molecule has 0 aliphatic carbocycles.